The van der Waals surface area contributed by atoms with Gasteiger partial charge in [-0.05, 0) is 42.2 Å². The molecule has 0 aliphatic rings. The van der Waals surface area contributed by atoms with Crippen LogP contribution in [0.25, 0.3) is 0 Å². The van der Waals surface area contributed by atoms with Crippen molar-refractivity contribution < 1.29 is 26.0 Å². The lowest BCUT2D eigenvalue weighted by molar-refractivity contribution is -0.0436. The summed E-state index contributed by atoms with van der Waals surface area (Å²) in [5.74, 6) is 0.406. The van der Waals surface area contributed by atoms with E-state index in [-0.39, 0.29) is 18.4 Å². The zero-order valence-corrected chi connectivity index (χ0v) is 17.5. The number of anilines is 3. The van der Waals surface area contributed by atoms with Crippen molar-refractivity contribution in [2.24, 2.45) is 5.92 Å². The predicted molar refractivity (Wildman–Crippen MR) is 107 cm³/mol. The van der Waals surface area contributed by atoms with Crippen molar-refractivity contribution in [1.82, 2.24) is 15.0 Å². The lowest BCUT2D eigenvalue weighted by Gasteiger charge is -2.26. The number of hydrogen-bond acceptors (Lipinski definition) is 8. The Bertz CT molecular complexity index is 1150. The Hall–Kier alpha value is -3.15. The third kappa shape index (κ3) is 4.95. The summed E-state index contributed by atoms with van der Waals surface area (Å²) in [5.41, 5.74) is 1.71. The van der Waals surface area contributed by atoms with Crippen molar-refractivity contribution in [3.8, 4) is 0 Å². The van der Waals surface area contributed by atoms with E-state index in [0.29, 0.717) is 29.2 Å². The van der Waals surface area contributed by atoms with Gasteiger partial charge in [-0.15, -0.1) is 0 Å². The number of nitrogens with zero attached hydrogens (tertiary/aromatic N) is 4. The Labute approximate surface area is 176 Å². The van der Waals surface area contributed by atoms with E-state index < -0.39 is 20.2 Å². The average Bonchev–Trinajstić information content (AvgIpc) is 3.18. The summed E-state index contributed by atoms with van der Waals surface area (Å²) in [7, 11) is -5.49. The highest BCUT2D eigenvalue weighted by atomic mass is 32.2. The molecule has 2 heterocycles. The quantitative estimate of drug-likeness (QED) is 0.571. The third-order valence-corrected chi connectivity index (χ3v) is 5.81. The van der Waals surface area contributed by atoms with Gasteiger partial charge in [0.25, 0.3) is 9.84 Å². The van der Waals surface area contributed by atoms with Crippen LogP contribution in [-0.2, 0) is 22.8 Å². The maximum atomic E-state index is 13.1. The highest BCUT2D eigenvalue weighted by Crippen LogP contribution is 2.36. The maximum Gasteiger partial charge on any atom is 0.501 e. The zero-order chi connectivity index (χ0) is 22.8. The molecule has 0 saturated heterocycles. The van der Waals surface area contributed by atoms with Crippen molar-refractivity contribution >= 4 is 27.3 Å². The van der Waals surface area contributed by atoms with Gasteiger partial charge in [-0.3, -0.25) is 0 Å². The van der Waals surface area contributed by atoms with Gasteiger partial charge in [-0.2, -0.15) is 18.2 Å². The van der Waals surface area contributed by atoms with E-state index in [4.69, 9.17) is 10.2 Å². The summed E-state index contributed by atoms with van der Waals surface area (Å²) in [6.07, 6.45) is 4.43. The van der Waals surface area contributed by atoms with Gasteiger partial charge in [-0.25, -0.2) is 18.4 Å². The van der Waals surface area contributed by atoms with E-state index in [0.717, 1.165) is 12.1 Å². The van der Waals surface area contributed by atoms with Crippen LogP contribution in [0.2, 0.25) is 0 Å². The highest BCUT2D eigenvalue weighted by molar-refractivity contribution is 7.92. The number of rotatable bonds is 7. The smallest absolute Gasteiger partial charge is 0.451 e. The molecule has 0 amide bonds. The van der Waals surface area contributed by atoms with Gasteiger partial charge in [0.2, 0.25) is 5.95 Å². The predicted octanol–water partition coefficient (Wildman–Crippen LogP) is 3.88. The first kappa shape index (κ1) is 22.5. The number of hydrogen-bond donors (Lipinski definition) is 1. The average molecular weight is 455 g/mol. The molecule has 0 unspecified atom stereocenters. The molecule has 3 aromatic rings. The highest BCUT2D eigenvalue weighted by Gasteiger charge is 2.47. The summed E-state index contributed by atoms with van der Waals surface area (Å²) < 4.78 is 68.2. The number of benzene rings is 1. The summed E-state index contributed by atoms with van der Waals surface area (Å²) in [6.45, 7) is 3.90. The fourth-order valence-electron chi connectivity index (χ4n) is 3.01. The minimum atomic E-state index is -5.49. The molecule has 0 bridgehead atoms. The van der Waals surface area contributed by atoms with Crippen molar-refractivity contribution in [2.75, 3.05) is 10.6 Å². The summed E-state index contributed by atoms with van der Waals surface area (Å²) in [5, 5.41) is 0. The number of alkyl halides is 3. The van der Waals surface area contributed by atoms with Gasteiger partial charge < -0.3 is 15.1 Å². The Morgan fingerprint density at radius 3 is 2.52 bits per heavy atom. The number of oxazole rings is 1. The van der Waals surface area contributed by atoms with Crippen molar-refractivity contribution in [2.45, 2.75) is 37.2 Å². The molecule has 166 valence electrons. The number of nitrogen functional groups attached to an aromatic ring is 1. The van der Waals surface area contributed by atoms with E-state index in [9.17, 15) is 21.6 Å². The Balaban J connectivity index is 2.17. The fourth-order valence-corrected chi connectivity index (χ4v) is 3.82. The molecule has 0 spiro atoms. The van der Waals surface area contributed by atoms with E-state index in [1.54, 1.807) is 11.0 Å². The first-order valence-electron chi connectivity index (χ1n) is 9.16. The normalized spacial score (nSPS) is 12.3. The molecule has 0 atom stereocenters. The van der Waals surface area contributed by atoms with Crippen LogP contribution in [0, 0.1) is 5.92 Å². The second-order valence-corrected chi connectivity index (χ2v) is 9.12. The maximum absolute atomic E-state index is 13.1. The van der Waals surface area contributed by atoms with Crippen LogP contribution in [0.5, 0.6) is 0 Å². The molecule has 3 rings (SSSR count). The van der Waals surface area contributed by atoms with E-state index in [2.05, 4.69) is 15.0 Å². The van der Waals surface area contributed by atoms with E-state index >= 15 is 0 Å². The van der Waals surface area contributed by atoms with Gasteiger partial charge in [-0.1, -0.05) is 13.8 Å². The zero-order valence-electron chi connectivity index (χ0n) is 16.7. The Morgan fingerprint density at radius 2 is 1.94 bits per heavy atom. The van der Waals surface area contributed by atoms with E-state index in [1.807, 2.05) is 13.8 Å². The number of halogens is 3. The first-order chi connectivity index (χ1) is 14.5. The topological polar surface area (TPSA) is 115 Å². The second-order valence-electron chi connectivity index (χ2n) is 7.18. The number of sulfone groups is 1. The van der Waals surface area contributed by atoms with E-state index in [1.165, 1.54) is 24.9 Å². The lowest BCUT2D eigenvalue weighted by atomic mass is 10.0. The largest absolute Gasteiger partial charge is 0.501 e. The van der Waals surface area contributed by atoms with Gasteiger partial charge in [0.1, 0.15) is 12.1 Å². The monoisotopic (exact) mass is 455 g/mol. The minimum absolute atomic E-state index is 0.00401. The number of nitrogens with two attached hydrogens (primary N) is 1. The molecule has 2 N–H and O–H groups in total. The van der Waals surface area contributed by atoms with Crippen LogP contribution in [0.1, 0.15) is 25.1 Å². The summed E-state index contributed by atoms with van der Waals surface area (Å²) in [4.78, 5) is 13.0. The van der Waals surface area contributed by atoms with Crippen molar-refractivity contribution in [3.63, 3.8) is 0 Å². The molecule has 2 aromatic heterocycles. The van der Waals surface area contributed by atoms with Crippen molar-refractivity contribution in [1.29, 1.82) is 0 Å². The van der Waals surface area contributed by atoms with Crippen LogP contribution in [0.3, 0.4) is 0 Å². The molecule has 0 aliphatic heterocycles. The lowest BCUT2D eigenvalue weighted by Crippen LogP contribution is -2.24. The summed E-state index contributed by atoms with van der Waals surface area (Å²) in [6, 6.07) is 4.89. The van der Waals surface area contributed by atoms with Gasteiger partial charge >= 0.3 is 5.51 Å². The number of aromatic nitrogens is 3. The summed E-state index contributed by atoms with van der Waals surface area (Å²) >= 11 is 0. The Kier molecular flexibility index (Phi) is 6.20. The van der Waals surface area contributed by atoms with Crippen LogP contribution in [-0.4, -0.2) is 28.9 Å². The van der Waals surface area contributed by atoms with Crippen LogP contribution >= 0.6 is 0 Å². The molecule has 8 nitrogen and oxygen atoms in total. The van der Waals surface area contributed by atoms with Crippen LogP contribution in [0.15, 0.2) is 52.4 Å². The van der Waals surface area contributed by atoms with Gasteiger partial charge in [0.05, 0.1) is 17.1 Å². The van der Waals surface area contributed by atoms with Gasteiger partial charge in [0, 0.05) is 11.9 Å². The molecular weight excluding hydrogens is 435 g/mol. The van der Waals surface area contributed by atoms with Crippen LogP contribution in [0.4, 0.5) is 30.6 Å². The molecule has 0 saturated carbocycles. The van der Waals surface area contributed by atoms with Crippen molar-refractivity contribution in [3.05, 3.63) is 54.4 Å². The molecule has 31 heavy (non-hydrogen) atoms. The molecule has 12 heteroatoms. The minimum Gasteiger partial charge on any atom is -0.451 e. The molecular formula is C19H20F3N5O3S. The fraction of sp³-hybridized carbons (Fsp3) is 0.316. The molecule has 0 aliphatic carbocycles. The second kappa shape index (κ2) is 8.53. The third-order valence-electron chi connectivity index (χ3n) is 4.32. The SMILES string of the molecule is CC(C)Cc1cc(S(=O)(=O)C(F)(F)F)ccc1N(Cc1cocn1)c1ccnc(N)n1. The van der Waals surface area contributed by atoms with Gasteiger partial charge in [0.15, 0.2) is 6.39 Å². The van der Waals surface area contributed by atoms with Crippen LogP contribution < -0.4 is 10.6 Å². The molecule has 0 fully saturated rings. The molecule has 0 radical (unpaired) electrons. The first-order valence-corrected chi connectivity index (χ1v) is 10.6. The Morgan fingerprint density at radius 1 is 1.19 bits per heavy atom. The molecule has 1 aromatic carbocycles. The standard InChI is InChI=1S/C19H20F3N5O3S/c1-12(2)7-13-8-15(31(28,29)19(20,21)22)3-4-16(13)27(9-14-10-30-11-25-14)17-5-6-24-18(23)26-17/h3-6,8,10-12H,7,9H2,1-2H3,(H2,23,24,26).